The third kappa shape index (κ3) is 3.06. The molecule has 1 aromatic carbocycles. The Balaban J connectivity index is 2.10. The van der Waals surface area contributed by atoms with Crippen molar-refractivity contribution in [1.29, 1.82) is 0 Å². The zero-order chi connectivity index (χ0) is 14.5. The van der Waals surface area contributed by atoms with Gasteiger partial charge in [-0.1, -0.05) is 12.1 Å². The summed E-state index contributed by atoms with van der Waals surface area (Å²) < 4.78 is 0.496. The molecule has 0 radical (unpaired) electrons. The summed E-state index contributed by atoms with van der Waals surface area (Å²) in [5.41, 5.74) is 2.66. The predicted molar refractivity (Wildman–Crippen MR) is 74.4 cm³/mol. The quantitative estimate of drug-likeness (QED) is 0.503. The van der Waals surface area contributed by atoms with Crippen LogP contribution in [0, 0.1) is 10.1 Å². The van der Waals surface area contributed by atoms with E-state index in [9.17, 15) is 14.9 Å². The molecular formula is C11H8BrN5O3. The van der Waals surface area contributed by atoms with E-state index in [1.54, 1.807) is 12.1 Å². The lowest BCUT2D eigenvalue weighted by Crippen LogP contribution is -2.18. The molecule has 0 aliphatic rings. The molecule has 0 fully saturated rings. The molecule has 2 aromatic rings. The minimum absolute atomic E-state index is 0.0896. The number of aromatic nitrogens is 2. The fourth-order valence-corrected chi connectivity index (χ4v) is 1.78. The van der Waals surface area contributed by atoms with Gasteiger partial charge in [-0.25, -0.2) is 5.43 Å². The van der Waals surface area contributed by atoms with E-state index in [0.29, 0.717) is 10.0 Å². The maximum atomic E-state index is 11.7. The standard InChI is InChI=1S/C11H8BrN5O3/c12-8-6-14-15-10(8)11(18)16-13-5-7-3-1-2-4-9(7)17(19)20/h1-6H,(H,14,15)(H,16,18). The molecule has 0 saturated heterocycles. The van der Waals surface area contributed by atoms with Crippen LogP contribution >= 0.6 is 15.9 Å². The second kappa shape index (κ2) is 6.06. The van der Waals surface area contributed by atoms with Gasteiger partial charge in [-0.2, -0.15) is 10.2 Å². The van der Waals surface area contributed by atoms with Gasteiger partial charge in [-0.3, -0.25) is 20.0 Å². The number of nitrogens with one attached hydrogen (secondary N) is 2. The Bertz CT molecular complexity index is 682. The summed E-state index contributed by atoms with van der Waals surface area (Å²) in [6.45, 7) is 0. The van der Waals surface area contributed by atoms with Gasteiger partial charge in [0.2, 0.25) is 0 Å². The predicted octanol–water partition coefficient (Wildman–Crippen LogP) is 1.84. The monoisotopic (exact) mass is 337 g/mol. The first-order valence-corrected chi connectivity index (χ1v) is 6.14. The Hall–Kier alpha value is -2.55. The average molecular weight is 338 g/mol. The van der Waals surface area contributed by atoms with E-state index in [1.807, 2.05) is 0 Å². The molecule has 8 nitrogen and oxygen atoms in total. The van der Waals surface area contributed by atoms with Crippen molar-refractivity contribution in [1.82, 2.24) is 15.6 Å². The van der Waals surface area contributed by atoms with E-state index in [4.69, 9.17) is 0 Å². The van der Waals surface area contributed by atoms with Crippen LogP contribution < -0.4 is 5.43 Å². The third-order valence-corrected chi connectivity index (χ3v) is 2.92. The zero-order valence-electron chi connectivity index (χ0n) is 9.91. The largest absolute Gasteiger partial charge is 0.290 e. The molecule has 1 heterocycles. The number of rotatable bonds is 4. The number of nitro benzene ring substituents is 1. The Morgan fingerprint density at radius 3 is 2.90 bits per heavy atom. The van der Waals surface area contributed by atoms with Gasteiger partial charge in [0.25, 0.3) is 11.6 Å². The van der Waals surface area contributed by atoms with Crippen molar-refractivity contribution < 1.29 is 9.72 Å². The van der Waals surface area contributed by atoms with Crippen molar-refractivity contribution in [3.63, 3.8) is 0 Å². The SMILES string of the molecule is O=C(NN=Cc1ccccc1[N+](=O)[O-])c1[nH]ncc1Br. The molecule has 1 aromatic heterocycles. The van der Waals surface area contributed by atoms with Crippen LogP contribution in [0.2, 0.25) is 0 Å². The molecule has 20 heavy (non-hydrogen) atoms. The maximum Gasteiger partial charge on any atom is 0.290 e. The molecule has 2 rings (SSSR count). The van der Waals surface area contributed by atoms with Gasteiger partial charge in [0.1, 0.15) is 5.69 Å². The molecule has 0 aliphatic heterocycles. The number of aromatic amines is 1. The minimum atomic E-state index is -0.519. The van der Waals surface area contributed by atoms with Crippen LogP contribution in [-0.4, -0.2) is 27.2 Å². The smallest absolute Gasteiger partial charge is 0.272 e. The van der Waals surface area contributed by atoms with Crippen LogP contribution in [0.4, 0.5) is 5.69 Å². The van der Waals surface area contributed by atoms with Gasteiger partial charge in [-0.15, -0.1) is 0 Å². The second-order valence-corrected chi connectivity index (χ2v) is 4.46. The Morgan fingerprint density at radius 1 is 1.50 bits per heavy atom. The second-order valence-electron chi connectivity index (χ2n) is 3.61. The summed E-state index contributed by atoms with van der Waals surface area (Å²) in [7, 11) is 0. The Morgan fingerprint density at radius 2 is 2.25 bits per heavy atom. The molecule has 0 saturated carbocycles. The van der Waals surface area contributed by atoms with Crippen LogP contribution in [-0.2, 0) is 0 Å². The fraction of sp³-hybridized carbons (Fsp3) is 0. The van der Waals surface area contributed by atoms with Gasteiger partial charge in [-0.05, 0) is 22.0 Å². The summed E-state index contributed by atoms with van der Waals surface area (Å²) in [6, 6.07) is 6.08. The Labute approximate surface area is 121 Å². The molecule has 102 valence electrons. The first kappa shape index (κ1) is 13.9. The van der Waals surface area contributed by atoms with Crippen LogP contribution in [0.25, 0.3) is 0 Å². The zero-order valence-corrected chi connectivity index (χ0v) is 11.5. The number of hydrazone groups is 1. The highest BCUT2D eigenvalue weighted by Crippen LogP contribution is 2.15. The molecule has 0 unspecified atom stereocenters. The highest BCUT2D eigenvalue weighted by molar-refractivity contribution is 9.10. The lowest BCUT2D eigenvalue weighted by molar-refractivity contribution is -0.385. The molecule has 9 heteroatoms. The number of para-hydroxylation sites is 1. The first-order chi connectivity index (χ1) is 9.59. The lowest BCUT2D eigenvalue weighted by Gasteiger charge is -1.98. The highest BCUT2D eigenvalue weighted by atomic mass is 79.9. The number of amides is 1. The molecular weight excluding hydrogens is 330 g/mol. The summed E-state index contributed by atoms with van der Waals surface area (Å²) in [4.78, 5) is 21.9. The van der Waals surface area contributed by atoms with Crippen LogP contribution in [0.15, 0.2) is 40.0 Å². The van der Waals surface area contributed by atoms with Crippen LogP contribution in [0.1, 0.15) is 16.1 Å². The number of benzene rings is 1. The summed E-state index contributed by atoms with van der Waals surface area (Å²) in [5, 5.41) is 20.6. The summed E-state index contributed by atoms with van der Waals surface area (Å²) >= 11 is 3.14. The van der Waals surface area contributed by atoms with Crippen molar-refractivity contribution in [3.8, 4) is 0 Å². The number of nitrogens with zero attached hydrogens (tertiary/aromatic N) is 3. The van der Waals surface area contributed by atoms with Crippen molar-refractivity contribution in [2.24, 2.45) is 5.10 Å². The van der Waals surface area contributed by atoms with Crippen molar-refractivity contribution in [3.05, 3.63) is 56.3 Å². The number of nitro groups is 1. The maximum absolute atomic E-state index is 11.7. The number of halogens is 1. The number of carbonyl (C=O) groups is 1. The molecule has 0 atom stereocenters. The molecule has 1 amide bonds. The summed E-state index contributed by atoms with van der Waals surface area (Å²) in [6.07, 6.45) is 2.64. The van der Waals surface area contributed by atoms with E-state index in [2.05, 4.69) is 36.7 Å². The highest BCUT2D eigenvalue weighted by Gasteiger charge is 2.12. The van der Waals surface area contributed by atoms with E-state index in [0.717, 1.165) is 0 Å². The van der Waals surface area contributed by atoms with Crippen molar-refractivity contribution in [2.45, 2.75) is 0 Å². The van der Waals surface area contributed by atoms with Gasteiger partial charge >= 0.3 is 0 Å². The van der Waals surface area contributed by atoms with Crippen LogP contribution in [0.5, 0.6) is 0 Å². The number of hydrogen-bond acceptors (Lipinski definition) is 5. The van der Waals surface area contributed by atoms with Gasteiger partial charge in [0.15, 0.2) is 0 Å². The first-order valence-electron chi connectivity index (χ1n) is 5.35. The Kier molecular flexibility index (Phi) is 4.20. The third-order valence-electron chi connectivity index (χ3n) is 2.32. The minimum Gasteiger partial charge on any atom is -0.272 e. The van der Waals surface area contributed by atoms with Gasteiger partial charge in [0, 0.05) is 6.07 Å². The number of carbonyl (C=O) groups excluding carboxylic acids is 1. The van der Waals surface area contributed by atoms with E-state index < -0.39 is 10.8 Å². The summed E-state index contributed by atoms with van der Waals surface area (Å²) in [5.74, 6) is -0.510. The number of H-pyrrole nitrogens is 1. The van der Waals surface area contributed by atoms with Crippen LogP contribution in [0.3, 0.4) is 0 Å². The van der Waals surface area contributed by atoms with E-state index >= 15 is 0 Å². The van der Waals surface area contributed by atoms with Crippen molar-refractivity contribution in [2.75, 3.05) is 0 Å². The molecule has 0 spiro atoms. The molecule has 0 aliphatic carbocycles. The average Bonchev–Trinajstić information content (AvgIpc) is 2.85. The van der Waals surface area contributed by atoms with Gasteiger partial charge in [0.05, 0.1) is 27.4 Å². The molecule has 0 bridgehead atoms. The van der Waals surface area contributed by atoms with E-state index in [1.165, 1.54) is 24.5 Å². The number of hydrogen-bond donors (Lipinski definition) is 2. The fourth-order valence-electron chi connectivity index (χ4n) is 1.41. The van der Waals surface area contributed by atoms with Gasteiger partial charge < -0.3 is 0 Å². The normalized spacial score (nSPS) is 10.7. The molecule has 2 N–H and O–H groups in total. The van der Waals surface area contributed by atoms with Crippen molar-refractivity contribution >= 4 is 33.7 Å². The topological polar surface area (TPSA) is 113 Å². The lowest BCUT2D eigenvalue weighted by atomic mass is 10.2. The van der Waals surface area contributed by atoms with E-state index in [-0.39, 0.29) is 11.4 Å².